The number of rotatable bonds is 3. The van der Waals surface area contributed by atoms with E-state index in [9.17, 15) is 9.59 Å². The zero-order valence-electron chi connectivity index (χ0n) is 13.7. The number of hydrogen-bond acceptors (Lipinski definition) is 3. The Bertz CT molecular complexity index is 1040. The van der Waals surface area contributed by atoms with Crippen molar-refractivity contribution in [3.63, 3.8) is 0 Å². The van der Waals surface area contributed by atoms with Crippen molar-refractivity contribution >= 4 is 27.7 Å². The minimum absolute atomic E-state index is 0.196. The molecule has 0 spiro atoms. The van der Waals surface area contributed by atoms with Gasteiger partial charge in [-0.05, 0) is 46.5 Å². The first-order valence-corrected chi connectivity index (χ1v) is 8.91. The first kappa shape index (κ1) is 16.5. The van der Waals surface area contributed by atoms with Crippen LogP contribution in [0.25, 0.3) is 11.3 Å². The average molecular weight is 411 g/mol. The summed E-state index contributed by atoms with van der Waals surface area (Å²) in [5, 5.41) is 4.28. The Balaban J connectivity index is 1.82. The molecule has 2 amide bonds. The van der Waals surface area contributed by atoms with Gasteiger partial charge in [0.1, 0.15) is 0 Å². The van der Waals surface area contributed by atoms with Crippen LogP contribution < -0.4 is 11.2 Å². The summed E-state index contributed by atoms with van der Waals surface area (Å²) >= 11 is 3.37. The van der Waals surface area contributed by atoms with Crippen LogP contribution in [-0.2, 0) is 12.8 Å². The highest BCUT2D eigenvalue weighted by Gasteiger charge is 2.28. The smallest absolute Gasteiger partial charge is 0.272 e. The minimum Gasteiger partial charge on any atom is -0.364 e. The maximum atomic E-state index is 12.7. The lowest BCUT2D eigenvalue weighted by Crippen LogP contribution is -2.26. The van der Waals surface area contributed by atoms with Gasteiger partial charge in [0.15, 0.2) is 5.69 Å². The van der Waals surface area contributed by atoms with Crippen LogP contribution in [0.2, 0.25) is 0 Å². The average Bonchev–Trinajstić information content (AvgIpc) is 3.01. The van der Waals surface area contributed by atoms with Crippen molar-refractivity contribution in [3.8, 4) is 11.3 Å². The van der Waals surface area contributed by atoms with Crippen LogP contribution in [0.15, 0.2) is 53.0 Å². The molecule has 1 aliphatic rings. The molecule has 0 unspecified atom stereocenters. The number of carbonyl (C=O) groups excluding carboxylic acids is 2. The van der Waals surface area contributed by atoms with Crippen molar-refractivity contribution in [1.82, 2.24) is 9.89 Å². The Labute approximate surface area is 158 Å². The Morgan fingerprint density at radius 3 is 2.58 bits per heavy atom. The quantitative estimate of drug-likeness (QED) is 0.695. The standard InChI is InChI=1S/C19H15BrN4O2/c20-15-8-4-3-7-13(15)19(26)23-24-17-12-6-2-1-5-11(12)9-10-14(17)16(22-24)18(21)25/h1-8H,9-10H2,(H2,21,25)(H,23,26). The second kappa shape index (κ2) is 6.42. The van der Waals surface area contributed by atoms with Crippen LogP contribution in [0.3, 0.4) is 0 Å². The highest BCUT2D eigenvalue weighted by atomic mass is 79.9. The number of fused-ring (bicyclic) bond motifs is 3. The van der Waals surface area contributed by atoms with Gasteiger partial charge in [0.05, 0.1) is 11.3 Å². The molecule has 0 saturated carbocycles. The van der Waals surface area contributed by atoms with E-state index in [0.717, 1.165) is 23.1 Å². The van der Waals surface area contributed by atoms with Gasteiger partial charge in [-0.15, -0.1) is 5.10 Å². The molecule has 0 radical (unpaired) electrons. The van der Waals surface area contributed by atoms with Gasteiger partial charge in [0, 0.05) is 15.6 Å². The molecular formula is C19H15BrN4O2. The van der Waals surface area contributed by atoms with E-state index >= 15 is 0 Å². The van der Waals surface area contributed by atoms with E-state index in [4.69, 9.17) is 5.73 Å². The number of halogens is 1. The fourth-order valence-corrected chi connectivity index (χ4v) is 3.74. The predicted octanol–water partition coefficient (Wildman–Crippen LogP) is 2.89. The maximum Gasteiger partial charge on any atom is 0.272 e. The zero-order valence-corrected chi connectivity index (χ0v) is 15.3. The predicted molar refractivity (Wildman–Crippen MR) is 101 cm³/mol. The van der Waals surface area contributed by atoms with Crippen molar-refractivity contribution in [2.24, 2.45) is 5.73 Å². The first-order chi connectivity index (χ1) is 12.6. The summed E-state index contributed by atoms with van der Waals surface area (Å²) < 4.78 is 0.675. The number of benzene rings is 2. The molecule has 1 aliphatic carbocycles. The molecule has 0 bridgehead atoms. The molecule has 130 valence electrons. The van der Waals surface area contributed by atoms with E-state index in [1.165, 1.54) is 4.79 Å². The van der Waals surface area contributed by atoms with E-state index in [-0.39, 0.29) is 11.6 Å². The van der Waals surface area contributed by atoms with Crippen LogP contribution in [0.5, 0.6) is 0 Å². The maximum absolute atomic E-state index is 12.7. The lowest BCUT2D eigenvalue weighted by atomic mass is 9.89. The fraction of sp³-hybridized carbons (Fsp3) is 0.105. The fourth-order valence-electron chi connectivity index (χ4n) is 3.27. The van der Waals surface area contributed by atoms with Gasteiger partial charge in [0.2, 0.25) is 0 Å². The third-order valence-corrected chi connectivity index (χ3v) is 5.15. The van der Waals surface area contributed by atoms with E-state index in [1.807, 2.05) is 30.3 Å². The molecule has 1 heterocycles. The van der Waals surface area contributed by atoms with E-state index in [1.54, 1.807) is 18.2 Å². The third-order valence-electron chi connectivity index (χ3n) is 4.46. The van der Waals surface area contributed by atoms with Gasteiger partial charge in [-0.2, -0.15) is 4.79 Å². The highest BCUT2D eigenvalue weighted by Crippen LogP contribution is 2.34. The number of aromatic nitrogens is 2. The molecule has 3 aromatic rings. The number of nitrogens with zero attached hydrogens (tertiary/aromatic N) is 2. The van der Waals surface area contributed by atoms with Gasteiger partial charge in [-0.1, -0.05) is 36.4 Å². The highest BCUT2D eigenvalue weighted by molar-refractivity contribution is 9.10. The van der Waals surface area contributed by atoms with Crippen LogP contribution in [0.4, 0.5) is 0 Å². The molecule has 0 aliphatic heterocycles. The molecule has 1 aromatic heterocycles. The zero-order chi connectivity index (χ0) is 18.3. The number of carbonyl (C=O) groups is 2. The van der Waals surface area contributed by atoms with Crippen molar-refractivity contribution in [3.05, 3.63) is 75.4 Å². The monoisotopic (exact) mass is 410 g/mol. The molecule has 0 atom stereocenters. The molecule has 0 fully saturated rings. The number of primary amides is 1. The number of hydrogen-bond donors (Lipinski definition) is 2. The summed E-state index contributed by atoms with van der Waals surface area (Å²) in [5.74, 6) is -0.934. The molecule has 26 heavy (non-hydrogen) atoms. The SMILES string of the molecule is NC(=O)c1nn(NC(=O)c2ccccc2Br)c2c1CCc1ccccc1-2. The minimum atomic E-state index is -0.602. The first-order valence-electron chi connectivity index (χ1n) is 8.12. The molecule has 3 N–H and O–H groups in total. The lowest BCUT2D eigenvalue weighted by molar-refractivity contribution is 0.0983. The number of nitrogens with two attached hydrogens (primary N) is 1. The Morgan fingerprint density at radius 1 is 1.08 bits per heavy atom. The van der Waals surface area contributed by atoms with Crippen molar-refractivity contribution in [2.75, 3.05) is 5.43 Å². The summed E-state index contributed by atoms with van der Waals surface area (Å²) in [4.78, 5) is 25.9. The van der Waals surface area contributed by atoms with E-state index in [0.29, 0.717) is 22.2 Å². The van der Waals surface area contributed by atoms with Crippen LogP contribution in [-0.4, -0.2) is 21.7 Å². The van der Waals surface area contributed by atoms with Gasteiger partial charge < -0.3 is 5.73 Å². The van der Waals surface area contributed by atoms with Gasteiger partial charge >= 0.3 is 0 Å². The van der Waals surface area contributed by atoms with Crippen molar-refractivity contribution in [2.45, 2.75) is 12.8 Å². The number of amides is 2. The van der Waals surface area contributed by atoms with Crippen molar-refractivity contribution < 1.29 is 9.59 Å². The van der Waals surface area contributed by atoms with Crippen molar-refractivity contribution in [1.29, 1.82) is 0 Å². The molecule has 0 saturated heterocycles. The van der Waals surface area contributed by atoms with Gasteiger partial charge in [0.25, 0.3) is 11.8 Å². The van der Waals surface area contributed by atoms with E-state index < -0.39 is 5.91 Å². The summed E-state index contributed by atoms with van der Waals surface area (Å²) in [6, 6.07) is 15.0. The Morgan fingerprint density at radius 2 is 1.81 bits per heavy atom. The molecule has 7 heteroatoms. The van der Waals surface area contributed by atoms with Gasteiger partial charge in [-0.25, -0.2) is 5.43 Å². The Hall–Kier alpha value is -2.93. The number of aryl methyl sites for hydroxylation is 1. The molecular weight excluding hydrogens is 396 g/mol. The second-order valence-electron chi connectivity index (χ2n) is 6.03. The van der Waals surface area contributed by atoms with E-state index in [2.05, 4.69) is 26.5 Å². The normalized spacial score (nSPS) is 12.2. The third kappa shape index (κ3) is 2.70. The second-order valence-corrected chi connectivity index (χ2v) is 6.88. The van der Waals surface area contributed by atoms with Crippen LogP contribution >= 0.6 is 15.9 Å². The van der Waals surface area contributed by atoms with Crippen LogP contribution in [0, 0.1) is 0 Å². The summed E-state index contributed by atoms with van der Waals surface area (Å²) in [7, 11) is 0. The number of nitrogens with one attached hydrogen (secondary N) is 1. The topological polar surface area (TPSA) is 90.0 Å². The Kier molecular flexibility index (Phi) is 4.08. The van der Waals surface area contributed by atoms with Gasteiger partial charge in [-0.3, -0.25) is 9.59 Å². The lowest BCUT2D eigenvalue weighted by Gasteiger charge is -2.18. The largest absolute Gasteiger partial charge is 0.364 e. The molecule has 6 nitrogen and oxygen atoms in total. The summed E-state index contributed by atoms with van der Waals surface area (Å²) in [6.07, 6.45) is 1.45. The molecule has 2 aromatic carbocycles. The molecule has 4 rings (SSSR count). The van der Waals surface area contributed by atoms with Crippen LogP contribution in [0.1, 0.15) is 32.0 Å². The summed E-state index contributed by atoms with van der Waals surface area (Å²) in [6.45, 7) is 0. The summed E-state index contributed by atoms with van der Waals surface area (Å²) in [5.41, 5.74) is 12.5.